The zero-order chi connectivity index (χ0) is 14.7. The highest BCUT2D eigenvalue weighted by atomic mass is 19.1. The Bertz CT molecular complexity index is 482. The second-order valence-corrected chi connectivity index (χ2v) is 6.01. The molecule has 1 saturated heterocycles. The molecule has 0 spiro atoms. The predicted octanol–water partition coefficient (Wildman–Crippen LogP) is 3.31. The summed E-state index contributed by atoms with van der Waals surface area (Å²) in [5.74, 6) is 0.174. The SMILES string of the molecule is O=C(C1CCCCC1)N1CCOCC1c1ccc(F)cc1. The molecule has 1 heterocycles. The van der Waals surface area contributed by atoms with Gasteiger partial charge in [-0.1, -0.05) is 31.4 Å². The minimum atomic E-state index is -0.249. The molecule has 2 fully saturated rings. The molecule has 0 radical (unpaired) electrons. The fourth-order valence-corrected chi connectivity index (χ4v) is 3.41. The van der Waals surface area contributed by atoms with Gasteiger partial charge in [-0.15, -0.1) is 0 Å². The summed E-state index contributed by atoms with van der Waals surface area (Å²) in [7, 11) is 0. The van der Waals surface area contributed by atoms with E-state index in [2.05, 4.69) is 0 Å². The number of carbonyl (C=O) groups is 1. The Balaban J connectivity index is 1.77. The first-order chi connectivity index (χ1) is 10.3. The smallest absolute Gasteiger partial charge is 0.226 e. The number of hydrogen-bond acceptors (Lipinski definition) is 2. The van der Waals surface area contributed by atoms with E-state index in [9.17, 15) is 9.18 Å². The van der Waals surface area contributed by atoms with Crippen molar-refractivity contribution in [3.8, 4) is 0 Å². The van der Waals surface area contributed by atoms with Crippen molar-refractivity contribution in [3.05, 3.63) is 35.6 Å². The van der Waals surface area contributed by atoms with E-state index in [4.69, 9.17) is 4.74 Å². The maximum atomic E-state index is 13.1. The summed E-state index contributed by atoms with van der Waals surface area (Å²) in [5.41, 5.74) is 0.959. The van der Waals surface area contributed by atoms with Crippen molar-refractivity contribution in [1.29, 1.82) is 0 Å². The number of hydrogen-bond donors (Lipinski definition) is 0. The number of morpholine rings is 1. The van der Waals surface area contributed by atoms with Gasteiger partial charge in [-0.3, -0.25) is 4.79 Å². The van der Waals surface area contributed by atoms with Crippen LogP contribution in [-0.4, -0.2) is 30.6 Å². The molecule has 1 aromatic carbocycles. The van der Waals surface area contributed by atoms with Crippen LogP contribution in [0.3, 0.4) is 0 Å². The van der Waals surface area contributed by atoms with Crippen LogP contribution in [0.4, 0.5) is 4.39 Å². The van der Waals surface area contributed by atoms with E-state index in [1.807, 2.05) is 4.90 Å². The minimum absolute atomic E-state index is 0.0752. The summed E-state index contributed by atoms with van der Waals surface area (Å²) in [6.07, 6.45) is 5.57. The van der Waals surface area contributed by atoms with Crippen LogP contribution in [0.25, 0.3) is 0 Å². The first-order valence-electron chi connectivity index (χ1n) is 7.89. The number of ether oxygens (including phenoxy) is 1. The van der Waals surface area contributed by atoms with E-state index in [0.29, 0.717) is 19.8 Å². The average molecular weight is 291 g/mol. The molecule has 1 aromatic rings. The molecule has 3 nitrogen and oxygen atoms in total. The number of amides is 1. The van der Waals surface area contributed by atoms with Crippen molar-refractivity contribution in [1.82, 2.24) is 4.90 Å². The van der Waals surface area contributed by atoms with E-state index < -0.39 is 0 Å². The second-order valence-electron chi connectivity index (χ2n) is 6.01. The topological polar surface area (TPSA) is 29.5 Å². The molecule has 21 heavy (non-hydrogen) atoms. The summed E-state index contributed by atoms with van der Waals surface area (Å²) >= 11 is 0. The van der Waals surface area contributed by atoms with Crippen LogP contribution in [0, 0.1) is 11.7 Å². The third kappa shape index (κ3) is 3.26. The lowest BCUT2D eigenvalue weighted by Crippen LogP contribution is -2.46. The van der Waals surface area contributed by atoms with Gasteiger partial charge in [0, 0.05) is 12.5 Å². The molecule has 4 heteroatoms. The van der Waals surface area contributed by atoms with Crippen LogP contribution < -0.4 is 0 Å². The first kappa shape index (κ1) is 14.5. The van der Waals surface area contributed by atoms with Crippen molar-refractivity contribution in [3.63, 3.8) is 0 Å². The molecule has 1 unspecified atom stereocenters. The minimum Gasteiger partial charge on any atom is -0.377 e. The summed E-state index contributed by atoms with van der Waals surface area (Å²) in [4.78, 5) is 14.8. The summed E-state index contributed by atoms with van der Waals surface area (Å²) in [6.45, 7) is 1.73. The molecule has 114 valence electrons. The molecule has 0 N–H and O–H groups in total. The van der Waals surface area contributed by atoms with Gasteiger partial charge in [0.1, 0.15) is 5.82 Å². The normalized spacial score (nSPS) is 24.0. The summed E-state index contributed by atoms with van der Waals surface area (Å²) in [6, 6.07) is 6.35. The molecule has 1 aliphatic heterocycles. The van der Waals surface area contributed by atoms with Gasteiger partial charge in [0.2, 0.25) is 5.91 Å². The molecule has 1 saturated carbocycles. The highest BCUT2D eigenvalue weighted by Crippen LogP contribution is 2.31. The molecule has 0 bridgehead atoms. The number of benzene rings is 1. The molecular weight excluding hydrogens is 269 g/mol. The maximum absolute atomic E-state index is 13.1. The first-order valence-corrected chi connectivity index (χ1v) is 7.89. The molecule has 1 aliphatic carbocycles. The summed E-state index contributed by atoms with van der Waals surface area (Å²) < 4.78 is 18.6. The van der Waals surface area contributed by atoms with Crippen LogP contribution in [0.2, 0.25) is 0 Å². The van der Waals surface area contributed by atoms with Crippen LogP contribution in [-0.2, 0) is 9.53 Å². The fraction of sp³-hybridized carbons (Fsp3) is 0.588. The van der Waals surface area contributed by atoms with Gasteiger partial charge in [0.15, 0.2) is 0 Å². The highest BCUT2D eigenvalue weighted by molar-refractivity contribution is 5.79. The van der Waals surface area contributed by atoms with Crippen molar-refractivity contribution >= 4 is 5.91 Å². The Hall–Kier alpha value is -1.42. The molecular formula is C17H22FNO2. The van der Waals surface area contributed by atoms with Crippen LogP contribution in [0.5, 0.6) is 0 Å². The van der Waals surface area contributed by atoms with Crippen LogP contribution >= 0.6 is 0 Å². The van der Waals surface area contributed by atoms with Crippen molar-refractivity contribution in [2.45, 2.75) is 38.1 Å². The van der Waals surface area contributed by atoms with Gasteiger partial charge in [0.05, 0.1) is 19.3 Å². The Kier molecular flexibility index (Phi) is 4.54. The largest absolute Gasteiger partial charge is 0.377 e. The Morgan fingerprint density at radius 3 is 2.57 bits per heavy atom. The third-order valence-electron chi connectivity index (χ3n) is 4.62. The van der Waals surface area contributed by atoms with E-state index in [1.54, 1.807) is 12.1 Å². The van der Waals surface area contributed by atoms with Crippen molar-refractivity contribution in [2.75, 3.05) is 19.8 Å². The molecule has 0 aromatic heterocycles. The van der Waals surface area contributed by atoms with Gasteiger partial charge in [0.25, 0.3) is 0 Å². The third-order valence-corrected chi connectivity index (χ3v) is 4.62. The molecule has 3 rings (SSSR count). The van der Waals surface area contributed by atoms with Gasteiger partial charge in [-0.05, 0) is 30.5 Å². The van der Waals surface area contributed by atoms with E-state index in [0.717, 1.165) is 31.2 Å². The molecule has 1 atom stereocenters. The lowest BCUT2D eigenvalue weighted by atomic mass is 9.87. The predicted molar refractivity (Wildman–Crippen MR) is 78.2 cm³/mol. The number of carbonyl (C=O) groups excluding carboxylic acids is 1. The maximum Gasteiger partial charge on any atom is 0.226 e. The monoisotopic (exact) mass is 291 g/mol. The van der Waals surface area contributed by atoms with Gasteiger partial charge in [-0.2, -0.15) is 0 Å². The second kappa shape index (κ2) is 6.56. The van der Waals surface area contributed by atoms with Gasteiger partial charge >= 0.3 is 0 Å². The number of rotatable bonds is 2. The zero-order valence-corrected chi connectivity index (χ0v) is 12.3. The Labute approximate surface area is 125 Å². The van der Waals surface area contributed by atoms with Gasteiger partial charge < -0.3 is 9.64 Å². The lowest BCUT2D eigenvalue weighted by Gasteiger charge is -2.38. The van der Waals surface area contributed by atoms with Crippen LogP contribution in [0.1, 0.15) is 43.7 Å². The van der Waals surface area contributed by atoms with Crippen LogP contribution in [0.15, 0.2) is 24.3 Å². The quantitative estimate of drug-likeness (QED) is 0.836. The number of nitrogens with zero attached hydrogens (tertiary/aromatic N) is 1. The Morgan fingerprint density at radius 2 is 1.86 bits per heavy atom. The van der Waals surface area contributed by atoms with Gasteiger partial charge in [-0.25, -0.2) is 4.39 Å². The Morgan fingerprint density at radius 1 is 1.14 bits per heavy atom. The van der Waals surface area contributed by atoms with E-state index in [-0.39, 0.29) is 23.7 Å². The summed E-state index contributed by atoms with van der Waals surface area (Å²) in [5, 5.41) is 0. The van der Waals surface area contributed by atoms with E-state index in [1.165, 1.54) is 18.6 Å². The molecule has 2 aliphatic rings. The molecule has 1 amide bonds. The fourth-order valence-electron chi connectivity index (χ4n) is 3.41. The zero-order valence-electron chi connectivity index (χ0n) is 12.3. The average Bonchev–Trinajstić information content (AvgIpc) is 2.56. The highest BCUT2D eigenvalue weighted by Gasteiger charge is 2.33. The van der Waals surface area contributed by atoms with Crippen molar-refractivity contribution < 1.29 is 13.9 Å². The number of halogens is 1. The van der Waals surface area contributed by atoms with E-state index >= 15 is 0 Å². The lowest BCUT2D eigenvalue weighted by molar-refractivity contribution is -0.145. The standard InChI is InChI=1S/C17H22FNO2/c18-15-8-6-13(7-9-15)16-12-21-11-10-19(16)17(20)14-4-2-1-3-5-14/h6-9,14,16H,1-5,10-12H2. The van der Waals surface area contributed by atoms with Crippen molar-refractivity contribution in [2.24, 2.45) is 5.92 Å².